The smallest absolute Gasteiger partial charge is 0.258 e. The molecule has 6 heteroatoms. The number of thiophene rings is 1. The van der Waals surface area contributed by atoms with E-state index in [-0.39, 0.29) is 30.3 Å². The summed E-state index contributed by atoms with van der Waals surface area (Å²) in [7, 11) is 1.56. The molecule has 33 heavy (non-hydrogen) atoms. The molecule has 172 valence electrons. The molecule has 0 saturated carbocycles. The number of benzene rings is 2. The van der Waals surface area contributed by atoms with Gasteiger partial charge in [0.05, 0.1) is 18.7 Å². The maximum absolute atomic E-state index is 13.7. The summed E-state index contributed by atoms with van der Waals surface area (Å²) in [6.07, 6.45) is 0.840. The van der Waals surface area contributed by atoms with Gasteiger partial charge in [-0.1, -0.05) is 56.3 Å². The maximum atomic E-state index is 13.7. The SMILES string of the molecule is COc1ccccc1C(=O)N(CC(=O)N1CCc2sccc2[C@@H]1c1ccccc1)CC(C)C. The van der Waals surface area contributed by atoms with Crippen LogP contribution in [-0.4, -0.2) is 48.4 Å². The minimum absolute atomic E-state index is 0.0374. The monoisotopic (exact) mass is 462 g/mol. The lowest BCUT2D eigenvalue weighted by Crippen LogP contribution is -2.47. The van der Waals surface area contributed by atoms with Gasteiger partial charge >= 0.3 is 0 Å². The molecule has 0 radical (unpaired) electrons. The molecule has 2 amide bonds. The quantitative estimate of drug-likeness (QED) is 0.495. The van der Waals surface area contributed by atoms with Crippen molar-refractivity contribution in [1.29, 1.82) is 0 Å². The third-order valence-electron chi connectivity index (χ3n) is 5.94. The van der Waals surface area contributed by atoms with Crippen molar-refractivity contribution in [3.05, 3.63) is 87.6 Å². The van der Waals surface area contributed by atoms with Gasteiger partial charge in [0.15, 0.2) is 0 Å². The summed E-state index contributed by atoms with van der Waals surface area (Å²) in [6.45, 7) is 5.29. The van der Waals surface area contributed by atoms with Crippen molar-refractivity contribution in [3.63, 3.8) is 0 Å². The zero-order chi connectivity index (χ0) is 23.4. The van der Waals surface area contributed by atoms with Crippen LogP contribution in [0.25, 0.3) is 0 Å². The predicted molar refractivity (Wildman–Crippen MR) is 132 cm³/mol. The molecule has 0 saturated heterocycles. The van der Waals surface area contributed by atoms with Crippen LogP contribution in [-0.2, 0) is 11.2 Å². The molecule has 1 atom stereocenters. The van der Waals surface area contributed by atoms with Crippen molar-refractivity contribution >= 4 is 23.2 Å². The summed E-state index contributed by atoms with van der Waals surface area (Å²) in [5.41, 5.74) is 2.76. The van der Waals surface area contributed by atoms with E-state index in [2.05, 4.69) is 37.4 Å². The van der Waals surface area contributed by atoms with E-state index < -0.39 is 0 Å². The number of ether oxygens (including phenoxy) is 1. The van der Waals surface area contributed by atoms with E-state index in [9.17, 15) is 9.59 Å². The summed E-state index contributed by atoms with van der Waals surface area (Å²) in [4.78, 5) is 32.1. The van der Waals surface area contributed by atoms with Gasteiger partial charge in [-0.25, -0.2) is 0 Å². The molecule has 0 fully saturated rings. The summed E-state index contributed by atoms with van der Waals surface area (Å²) >= 11 is 1.75. The van der Waals surface area contributed by atoms with Crippen molar-refractivity contribution in [2.75, 3.05) is 26.7 Å². The fourth-order valence-electron chi connectivity index (χ4n) is 4.49. The largest absolute Gasteiger partial charge is 0.496 e. The summed E-state index contributed by atoms with van der Waals surface area (Å²) < 4.78 is 5.41. The Morgan fingerprint density at radius 1 is 1.09 bits per heavy atom. The Morgan fingerprint density at radius 2 is 1.82 bits per heavy atom. The molecule has 1 aromatic heterocycles. The molecule has 3 aromatic rings. The molecule has 1 aliphatic rings. The second kappa shape index (κ2) is 10.2. The number of carbonyl (C=O) groups excluding carboxylic acids is 2. The van der Waals surface area contributed by atoms with Crippen LogP contribution in [0.1, 0.15) is 46.3 Å². The number of hydrogen-bond donors (Lipinski definition) is 0. The molecule has 0 aliphatic carbocycles. The molecule has 0 unspecified atom stereocenters. The van der Waals surface area contributed by atoms with Crippen molar-refractivity contribution < 1.29 is 14.3 Å². The minimum atomic E-state index is -0.181. The number of carbonyl (C=O) groups is 2. The molecule has 0 N–H and O–H groups in total. The van der Waals surface area contributed by atoms with Crippen LogP contribution in [0.15, 0.2) is 66.0 Å². The van der Waals surface area contributed by atoms with Crippen molar-refractivity contribution in [3.8, 4) is 5.75 Å². The van der Waals surface area contributed by atoms with Gasteiger partial charge < -0.3 is 14.5 Å². The first kappa shape index (κ1) is 23.1. The molecular formula is C27H30N2O3S. The fourth-order valence-corrected chi connectivity index (χ4v) is 5.39. The van der Waals surface area contributed by atoms with E-state index in [0.717, 1.165) is 12.0 Å². The number of fused-ring (bicyclic) bond motifs is 1. The van der Waals surface area contributed by atoms with Crippen LogP contribution < -0.4 is 4.74 Å². The highest BCUT2D eigenvalue weighted by molar-refractivity contribution is 7.10. The van der Waals surface area contributed by atoms with E-state index in [1.807, 2.05) is 35.2 Å². The molecular weight excluding hydrogens is 432 g/mol. The number of methoxy groups -OCH3 is 1. The van der Waals surface area contributed by atoms with Crippen molar-refractivity contribution in [2.45, 2.75) is 26.3 Å². The van der Waals surface area contributed by atoms with Gasteiger partial charge in [0.25, 0.3) is 5.91 Å². The highest BCUT2D eigenvalue weighted by Crippen LogP contribution is 2.37. The Kier molecular flexibility index (Phi) is 7.14. The van der Waals surface area contributed by atoms with Crippen molar-refractivity contribution in [2.24, 2.45) is 5.92 Å². The van der Waals surface area contributed by atoms with Crippen LogP contribution in [0.3, 0.4) is 0 Å². The van der Waals surface area contributed by atoms with Gasteiger partial charge in [0.2, 0.25) is 5.91 Å². The van der Waals surface area contributed by atoms with E-state index >= 15 is 0 Å². The highest BCUT2D eigenvalue weighted by atomic mass is 32.1. The second-order valence-electron chi connectivity index (χ2n) is 8.73. The molecule has 2 aromatic carbocycles. The maximum Gasteiger partial charge on any atom is 0.258 e. The fraction of sp³-hybridized carbons (Fsp3) is 0.333. The molecule has 0 spiro atoms. The van der Waals surface area contributed by atoms with E-state index in [4.69, 9.17) is 4.74 Å². The Labute approximate surface area is 199 Å². The number of hydrogen-bond acceptors (Lipinski definition) is 4. The minimum Gasteiger partial charge on any atom is -0.496 e. The predicted octanol–water partition coefficient (Wildman–Crippen LogP) is 5.03. The third-order valence-corrected chi connectivity index (χ3v) is 6.93. The molecule has 1 aliphatic heterocycles. The average Bonchev–Trinajstić information content (AvgIpc) is 3.31. The van der Waals surface area contributed by atoms with Crippen LogP contribution in [0.2, 0.25) is 0 Å². The van der Waals surface area contributed by atoms with Crippen LogP contribution >= 0.6 is 11.3 Å². The number of rotatable bonds is 7. The van der Waals surface area contributed by atoms with Gasteiger partial charge in [-0.15, -0.1) is 11.3 Å². The van der Waals surface area contributed by atoms with E-state index in [0.29, 0.717) is 24.4 Å². The average molecular weight is 463 g/mol. The first-order valence-electron chi connectivity index (χ1n) is 11.3. The topological polar surface area (TPSA) is 49.9 Å². The standard InChI is InChI=1S/C27H30N2O3S/c1-19(2)17-28(27(31)21-11-7-8-12-23(21)32-3)18-25(30)29-15-13-24-22(14-16-33-24)26(29)20-9-5-4-6-10-20/h4-12,14,16,19,26H,13,15,17-18H2,1-3H3/t26-/m0/s1. The zero-order valence-electron chi connectivity index (χ0n) is 19.4. The number of nitrogens with zero attached hydrogens (tertiary/aromatic N) is 2. The molecule has 0 bridgehead atoms. The van der Waals surface area contributed by atoms with E-state index in [1.54, 1.807) is 35.5 Å². The third kappa shape index (κ3) is 4.96. The van der Waals surface area contributed by atoms with Crippen LogP contribution in [0, 0.1) is 5.92 Å². The first-order chi connectivity index (χ1) is 16.0. The molecule has 4 rings (SSSR count). The lowest BCUT2D eigenvalue weighted by molar-refractivity contribution is -0.134. The summed E-state index contributed by atoms with van der Waals surface area (Å²) in [5, 5.41) is 2.10. The number of para-hydroxylation sites is 1. The normalized spacial score (nSPS) is 15.3. The molecule has 5 nitrogen and oxygen atoms in total. The number of amides is 2. The van der Waals surface area contributed by atoms with E-state index in [1.165, 1.54) is 10.4 Å². The highest BCUT2D eigenvalue weighted by Gasteiger charge is 2.34. The van der Waals surface area contributed by atoms with Gasteiger partial charge in [-0.05, 0) is 47.0 Å². The lowest BCUT2D eigenvalue weighted by Gasteiger charge is -2.38. The summed E-state index contributed by atoms with van der Waals surface area (Å²) in [5.74, 6) is 0.529. The van der Waals surface area contributed by atoms with Gasteiger partial charge in [-0.2, -0.15) is 0 Å². The van der Waals surface area contributed by atoms with Crippen LogP contribution in [0.4, 0.5) is 0 Å². The van der Waals surface area contributed by atoms with Gasteiger partial charge in [-0.3, -0.25) is 9.59 Å². The molecule has 2 heterocycles. The first-order valence-corrected chi connectivity index (χ1v) is 12.2. The Morgan fingerprint density at radius 3 is 2.55 bits per heavy atom. The summed E-state index contributed by atoms with van der Waals surface area (Å²) in [6, 6.07) is 19.3. The Hall–Kier alpha value is -3.12. The second-order valence-corrected chi connectivity index (χ2v) is 9.73. The van der Waals surface area contributed by atoms with Gasteiger partial charge in [0, 0.05) is 18.0 Å². The van der Waals surface area contributed by atoms with Crippen molar-refractivity contribution in [1.82, 2.24) is 9.80 Å². The Balaban J connectivity index is 1.63. The Bertz CT molecular complexity index is 1110. The van der Waals surface area contributed by atoms with Crippen LogP contribution in [0.5, 0.6) is 5.75 Å². The van der Waals surface area contributed by atoms with Gasteiger partial charge in [0.1, 0.15) is 12.3 Å². The zero-order valence-corrected chi connectivity index (χ0v) is 20.2. The lowest BCUT2D eigenvalue weighted by atomic mass is 9.93.